The van der Waals surface area contributed by atoms with Crippen molar-refractivity contribution in [3.05, 3.63) is 89.1 Å². The van der Waals surface area contributed by atoms with E-state index in [4.69, 9.17) is 5.73 Å². The van der Waals surface area contributed by atoms with Crippen LogP contribution in [-0.2, 0) is 0 Å². The molecule has 1 saturated heterocycles. The molecule has 1 fully saturated rings. The van der Waals surface area contributed by atoms with Crippen LogP contribution in [0.2, 0.25) is 0 Å². The highest BCUT2D eigenvalue weighted by Gasteiger charge is 2.23. The molecule has 8 heteroatoms. The van der Waals surface area contributed by atoms with Crippen molar-refractivity contribution >= 4 is 45.1 Å². The first-order valence-electron chi connectivity index (χ1n) is 13.5. The van der Waals surface area contributed by atoms with Gasteiger partial charge in [-0.3, -0.25) is 9.59 Å². The zero-order valence-corrected chi connectivity index (χ0v) is 22.9. The lowest BCUT2D eigenvalue weighted by atomic mass is 9.93. The summed E-state index contributed by atoms with van der Waals surface area (Å²) in [4.78, 5) is 37.7. The Hall–Kier alpha value is -4.69. The first kappa shape index (κ1) is 25.6. The number of hydrogen-bond donors (Lipinski definition) is 3. The van der Waals surface area contributed by atoms with E-state index >= 15 is 0 Å². The average Bonchev–Trinajstić information content (AvgIpc) is 3.34. The minimum absolute atomic E-state index is 0.0171. The molecule has 0 atom stereocenters. The molecule has 0 aliphatic carbocycles. The predicted molar refractivity (Wildman–Crippen MR) is 160 cm³/mol. The number of amides is 2. The van der Waals surface area contributed by atoms with Crippen LogP contribution >= 0.6 is 0 Å². The molecule has 3 aromatic carbocycles. The molecule has 0 bridgehead atoms. The summed E-state index contributed by atoms with van der Waals surface area (Å²) in [6.45, 7) is 7.23. The normalized spacial score (nSPS) is 14.1. The van der Waals surface area contributed by atoms with Gasteiger partial charge in [0.25, 0.3) is 11.8 Å². The molecule has 0 radical (unpaired) electrons. The Balaban J connectivity index is 1.47. The largest absolute Gasteiger partial charge is 0.366 e. The molecular weight excluding hydrogens is 500 g/mol. The van der Waals surface area contributed by atoms with Gasteiger partial charge in [-0.25, -0.2) is 4.98 Å². The number of aromatic nitrogens is 2. The molecule has 3 heterocycles. The first-order chi connectivity index (χ1) is 19.3. The van der Waals surface area contributed by atoms with Crippen LogP contribution in [-0.4, -0.2) is 64.8 Å². The van der Waals surface area contributed by atoms with Gasteiger partial charge in [-0.15, -0.1) is 0 Å². The van der Waals surface area contributed by atoms with Gasteiger partial charge in [-0.05, 0) is 73.5 Å². The molecule has 4 N–H and O–H groups in total. The number of aryl methyl sites for hydroxylation is 1. The minimum atomic E-state index is -0.505. The van der Waals surface area contributed by atoms with Crippen molar-refractivity contribution in [2.75, 3.05) is 38.5 Å². The van der Waals surface area contributed by atoms with E-state index in [0.29, 0.717) is 29.7 Å². The van der Waals surface area contributed by atoms with Crippen LogP contribution in [0.15, 0.2) is 66.9 Å². The number of primary amides is 1. The van der Waals surface area contributed by atoms with Gasteiger partial charge in [0.15, 0.2) is 0 Å². The lowest BCUT2D eigenvalue weighted by molar-refractivity contribution is 0.0664. The van der Waals surface area contributed by atoms with Crippen LogP contribution in [0.3, 0.4) is 0 Å². The highest BCUT2D eigenvalue weighted by atomic mass is 16.2. The number of carbonyl (C=O) groups is 2. The fourth-order valence-electron chi connectivity index (χ4n) is 5.57. The molecule has 2 aromatic heterocycles. The van der Waals surface area contributed by atoms with Gasteiger partial charge in [0.2, 0.25) is 0 Å². The molecule has 8 nitrogen and oxygen atoms in total. The summed E-state index contributed by atoms with van der Waals surface area (Å²) in [5, 5.41) is 5.31. The van der Waals surface area contributed by atoms with E-state index in [1.54, 1.807) is 12.3 Å². The number of fused-ring (bicyclic) bond motifs is 3. The number of carbonyl (C=O) groups excluding carboxylic acids is 2. The Kier molecular flexibility index (Phi) is 6.48. The second-order valence-electron chi connectivity index (χ2n) is 10.5. The molecule has 6 rings (SSSR count). The van der Waals surface area contributed by atoms with Gasteiger partial charge < -0.3 is 25.8 Å². The standard InChI is InChI=1S/C32H32N6O2/c1-19-6-5-13-34-31(19)36-26-8-4-7-22(20(26)2)23-11-12-25(30(33)39)29-28(23)24-10-9-21(18-27(24)35-29)32(40)38-16-14-37(3)15-17-38/h4-13,18,35H,14-17H2,1-3H3,(H2,33,39)(H,34,36). The molecule has 1 aliphatic rings. The van der Waals surface area contributed by atoms with Gasteiger partial charge in [0.05, 0.1) is 11.1 Å². The molecule has 40 heavy (non-hydrogen) atoms. The minimum Gasteiger partial charge on any atom is -0.366 e. The fourth-order valence-corrected chi connectivity index (χ4v) is 5.57. The van der Waals surface area contributed by atoms with E-state index in [-0.39, 0.29) is 5.91 Å². The summed E-state index contributed by atoms with van der Waals surface area (Å²) in [6.07, 6.45) is 1.77. The Morgan fingerprint density at radius 3 is 2.50 bits per heavy atom. The summed E-state index contributed by atoms with van der Waals surface area (Å²) in [7, 11) is 2.07. The molecular formula is C32H32N6O2. The van der Waals surface area contributed by atoms with E-state index in [2.05, 4.69) is 40.2 Å². The number of rotatable bonds is 5. The SMILES string of the molecule is Cc1cccnc1Nc1cccc(-c2ccc(C(N)=O)c3[nH]c4cc(C(=O)N5CCN(C)CC5)ccc4c23)c1C. The van der Waals surface area contributed by atoms with Gasteiger partial charge in [0, 0.05) is 59.9 Å². The van der Waals surface area contributed by atoms with Crippen LogP contribution in [0.5, 0.6) is 0 Å². The Bertz CT molecular complexity index is 1780. The maximum Gasteiger partial charge on any atom is 0.254 e. The van der Waals surface area contributed by atoms with E-state index < -0.39 is 5.91 Å². The smallest absolute Gasteiger partial charge is 0.254 e. The number of nitrogens with two attached hydrogens (primary N) is 1. The number of anilines is 2. The van der Waals surface area contributed by atoms with E-state index in [0.717, 1.165) is 63.1 Å². The predicted octanol–water partition coefficient (Wildman–Crippen LogP) is 5.23. The number of nitrogens with zero attached hydrogens (tertiary/aromatic N) is 3. The Morgan fingerprint density at radius 1 is 0.950 bits per heavy atom. The van der Waals surface area contributed by atoms with Crippen molar-refractivity contribution in [2.24, 2.45) is 5.73 Å². The van der Waals surface area contributed by atoms with E-state index in [1.807, 2.05) is 60.4 Å². The lowest BCUT2D eigenvalue weighted by Gasteiger charge is -2.32. The highest BCUT2D eigenvalue weighted by molar-refractivity contribution is 6.20. The van der Waals surface area contributed by atoms with Crippen LogP contribution in [0.25, 0.3) is 32.9 Å². The van der Waals surface area contributed by atoms with Crippen LogP contribution in [0.1, 0.15) is 31.8 Å². The van der Waals surface area contributed by atoms with Gasteiger partial charge in [0.1, 0.15) is 5.82 Å². The Labute approximate surface area is 232 Å². The topological polar surface area (TPSA) is 107 Å². The third-order valence-corrected chi connectivity index (χ3v) is 7.94. The maximum absolute atomic E-state index is 13.3. The van der Waals surface area contributed by atoms with Crippen molar-refractivity contribution in [1.82, 2.24) is 19.8 Å². The number of H-pyrrole nitrogens is 1. The number of piperazine rings is 1. The van der Waals surface area contributed by atoms with Gasteiger partial charge >= 0.3 is 0 Å². The number of hydrogen-bond acceptors (Lipinski definition) is 5. The van der Waals surface area contributed by atoms with E-state index in [9.17, 15) is 9.59 Å². The van der Waals surface area contributed by atoms with Crippen molar-refractivity contribution in [3.8, 4) is 11.1 Å². The second kappa shape index (κ2) is 10.1. The molecule has 1 aliphatic heterocycles. The molecule has 202 valence electrons. The third kappa shape index (κ3) is 4.46. The third-order valence-electron chi connectivity index (χ3n) is 7.94. The van der Waals surface area contributed by atoms with Gasteiger partial charge in [-0.1, -0.05) is 30.3 Å². The summed E-state index contributed by atoms with van der Waals surface area (Å²) in [5.41, 5.74) is 13.4. The number of pyridine rings is 1. The highest BCUT2D eigenvalue weighted by Crippen LogP contribution is 2.39. The van der Waals surface area contributed by atoms with Crippen molar-refractivity contribution in [1.29, 1.82) is 0 Å². The second-order valence-corrected chi connectivity index (χ2v) is 10.5. The monoisotopic (exact) mass is 532 g/mol. The summed E-state index contributed by atoms with van der Waals surface area (Å²) >= 11 is 0. The van der Waals surface area contributed by atoms with Gasteiger partial charge in [-0.2, -0.15) is 0 Å². The zero-order chi connectivity index (χ0) is 28.0. The molecule has 0 saturated carbocycles. The fraction of sp³-hybridized carbons (Fsp3) is 0.219. The quantitative estimate of drug-likeness (QED) is 0.287. The Morgan fingerprint density at radius 2 is 1.75 bits per heavy atom. The number of benzene rings is 3. The van der Waals surface area contributed by atoms with Crippen LogP contribution in [0.4, 0.5) is 11.5 Å². The zero-order valence-electron chi connectivity index (χ0n) is 22.9. The molecule has 0 spiro atoms. The summed E-state index contributed by atoms with van der Waals surface area (Å²) < 4.78 is 0. The lowest BCUT2D eigenvalue weighted by Crippen LogP contribution is -2.47. The molecule has 0 unspecified atom stereocenters. The number of nitrogens with one attached hydrogen (secondary N) is 2. The average molecular weight is 533 g/mol. The molecule has 5 aromatic rings. The summed E-state index contributed by atoms with van der Waals surface area (Å²) in [5.74, 6) is 0.319. The van der Waals surface area contributed by atoms with Crippen LogP contribution < -0.4 is 11.1 Å². The van der Waals surface area contributed by atoms with Crippen molar-refractivity contribution in [3.63, 3.8) is 0 Å². The van der Waals surface area contributed by atoms with Crippen LogP contribution in [0, 0.1) is 13.8 Å². The van der Waals surface area contributed by atoms with Crippen molar-refractivity contribution in [2.45, 2.75) is 13.8 Å². The number of likely N-dealkylation sites (N-methyl/N-ethyl adjacent to an activating group) is 1. The first-order valence-corrected chi connectivity index (χ1v) is 13.5. The molecule has 2 amide bonds. The number of aromatic amines is 1. The van der Waals surface area contributed by atoms with E-state index in [1.165, 1.54) is 0 Å². The summed E-state index contributed by atoms with van der Waals surface area (Å²) in [6, 6.07) is 19.5. The van der Waals surface area contributed by atoms with Crippen molar-refractivity contribution < 1.29 is 9.59 Å². The maximum atomic E-state index is 13.3.